The molecule has 0 aliphatic heterocycles. The van der Waals surface area contributed by atoms with Gasteiger partial charge in [0.1, 0.15) is 0 Å². The zero-order chi connectivity index (χ0) is 13.3. The number of hydrogen-bond donors (Lipinski definition) is 1. The molecule has 0 spiro atoms. The second-order valence-corrected chi connectivity index (χ2v) is 6.73. The fourth-order valence-corrected chi connectivity index (χ4v) is 3.51. The van der Waals surface area contributed by atoms with Gasteiger partial charge in [0.25, 0.3) is 0 Å². The highest BCUT2D eigenvalue weighted by Gasteiger charge is 2.13. The van der Waals surface area contributed by atoms with Gasteiger partial charge in [-0.25, -0.2) is 4.98 Å². The molecule has 0 aliphatic carbocycles. The van der Waals surface area contributed by atoms with Crippen molar-refractivity contribution in [2.45, 2.75) is 26.8 Å². The summed E-state index contributed by atoms with van der Waals surface area (Å²) in [6.45, 7) is 6.19. The third-order valence-electron chi connectivity index (χ3n) is 2.64. The SMILES string of the molecule is Cc1nc(C)c(C(C)Nc2ccc(Br)cc2Cl)s1. The monoisotopic (exact) mass is 344 g/mol. The molecule has 0 amide bonds. The van der Waals surface area contributed by atoms with E-state index in [4.69, 9.17) is 11.6 Å². The number of anilines is 1. The maximum Gasteiger partial charge on any atom is 0.0900 e. The van der Waals surface area contributed by atoms with E-state index in [-0.39, 0.29) is 6.04 Å². The number of aryl methyl sites for hydroxylation is 2. The van der Waals surface area contributed by atoms with Crippen molar-refractivity contribution < 1.29 is 0 Å². The maximum atomic E-state index is 6.20. The molecule has 2 aromatic rings. The van der Waals surface area contributed by atoms with Gasteiger partial charge in [0, 0.05) is 9.35 Å². The molecule has 0 aliphatic rings. The number of hydrogen-bond acceptors (Lipinski definition) is 3. The fraction of sp³-hybridized carbons (Fsp3) is 0.308. The van der Waals surface area contributed by atoms with Crippen LogP contribution in [0.15, 0.2) is 22.7 Å². The van der Waals surface area contributed by atoms with Gasteiger partial charge in [-0.2, -0.15) is 0 Å². The van der Waals surface area contributed by atoms with E-state index in [0.717, 1.165) is 25.9 Å². The first-order valence-electron chi connectivity index (χ1n) is 5.63. The molecular formula is C13H14BrClN2S. The van der Waals surface area contributed by atoms with Gasteiger partial charge in [0.2, 0.25) is 0 Å². The fourth-order valence-electron chi connectivity index (χ4n) is 1.85. The zero-order valence-corrected chi connectivity index (χ0v) is 13.6. The molecule has 2 rings (SSSR count). The highest BCUT2D eigenvalue weighted by Crippen LogP contribution is 2.31. The van der Waals surface area contributed by atoms with Crippen LogP contribution in [0.3, 0.4) is 0 Å². The molecule has 1 heterocycles. The minimum Gasteiger partial charge on any atom is -0.376 e. The molecule has 0 bridgehead atoms. The zero-order valence-electron chi connectivity index (χ0n) is 10.4. The predicted molar refractivity (Wildman–Crippen MR) is 82.8 cm³/mol. The van der Waals surface area contributed by atoms with Crippen LogP contribution in [0.5, 0.6) is 0 Å². The molecule has 18 heavy (non-hydrogen) atoms. The quantitative estimate of drug-likeness (QED) is 0.811. The van der Waals surface area contributed by atoms with Gasteiger partial charge < -0.3 is 5.32 Å². The second kappa shape index (κ2) is 5.59. The first kappa shape index (κ1) is 13.8. The van der Waals surface area contributed by atoms with Gasteiger partial charge >= 0.3 is 0 Å². The van der Waals surface area contributed by atoms with Crippen molar-refractivity contribution in [1.29, 1.82) is 0 Å². The van der Waals surface area contributed by atoms with Gasteiger partial charge in [0.05, 0.1) is 27.5 Å². The summed E-state index contributed by atoms with van der Waals surface area (Å²) >= 11 is 11.3. The first-order valence-corrected chi connectivity index (χ1v) is 7.61. The normalized spacial score (nSPS) is 12.5. The molecule has 1 aromatic carbocycles. The highest BCUT2D eigenvalue weighted by atomic mass is 79.9. The van der Waals surface area contributed by atoms with Crippen molar-refractivity contribution in [3.63, 3.8) is 0 Å². The number of benzene rings is 1. The van der Waals surface area contributed by atoms with E-state index in [0.29, 0.717) is 0 Å². The lowest BCUT2D eigenvalue weighted by molar-refractivity contribution is 0.890. The summed E-state index contributed by atoms with van der Waals surface area (Å²) in [4.78, 5) is 5.70. The Balaban J connectivity index is 2.21. The molecule has 0 saturated carbocycles. The van der Waals surface area contributed by atoms with Gasteiger partial charge in [-0.15, -0.1) is 11.3 Å². The average Bonchev–Trinajstić information content (AvgIpc) is 2.62. The third-order valence-corrected chi connectivity index (χ3v) is 4.70. The number of halogens is 2. The van der Waals surface area contributed by atoms with E-state index in [1.807, 2.05) is 32.0 Å². The Bertz CT molecular complexity index is 568. The summed E-state index contributed by atoms with van der Waals surface area (Å²) < 4.78 is 0.982. The molecule has 1 atom stereocenters. The van der Waals surface area contributed by atoms with E-state index < -0.39 is 0 Å². The first-order chi connectivity index (χ1) is 8.47. The minimum atomic E-state index is 0.204. The Labute approximate surface area is 125 Å². The Morgan fingerprint density at radius 3 is 2.67 bits per heavy atom. The summed E-state index contributed by atoms with van der Waals surface area (Å²) in [5, 5.41) is 5.24. The third kappa shape index (κ3) is 3.05. The van der Waals surface area contributed by atoms with Gasteiger partial charge in [0.15, 0.2) is 0 Å². The maximum absolute atomic E-state index is 6.20. The lowest BCUT2D eigenvalue weighted by atomic mass is 10.2. The molecule has 1 N–H and O–H groups in total. The molecule has 96 valence electrons. The van der Waals surface area contributed by atoms with Crippen molar-refractivity contribution in [2.75, 3.05) is 5.32 Å². The van der Waals surface area contributed by atoms with Crippen molar-refractivity contribution >= 4 is 44.6 Å². The van der Waals surface area contributed by atoms with Crippen LogP contribution in [-0.4, -0.2) is 4.98 Å². The number of nitrogens with zero attached hydrogens (tertiary/aromatic N) is 1. The van der Waals surface area contributed by atoms with E-state index in [2.05, 4.69) is 33.2 Å². The number of rotatable bonds is 3. The Kier molecular flexibility index (Phi) is 4.30. The Morgan fingerprint density at radius 1 is 1.39 bits per heavy atom. The lowest BCUT2D eigenvalue weighted by Crippen LogP contribution is -2.06. The van der Waals surface area contributed by atoms with Crippen molar-refractivity contribution in [3.8, 4) is 0 Å². The van der Waals surface area contributed by atoms with Gasteiger partial charge in [-0.05, 0) is 39.0 Å². The molecule has 0 fully saturated rings. The number of nitrogens with one attached hydrogen (secondary N) is 1. The van der Waals surface area contributed by atoms with Crippen LogP contribution < -0.4 is 5.32 Å². The van der Waals surface area contributed by atoms with E-state index in [9.17, 15) is 0 Å². The van der Waals surface area contributed by atoms with Crippen LogP contribution in [0, 0.1) is 13.8 Å². The summed E-state index contributed by atoms with van der Waals surface area (Å²) in [6.07, 6.45) is 0. The number of thiazole rings is 1. The van der Waals surface area contributed by atoms with Gasteiger partial charge in [-0.3, -0.25) is 0 Å². The Hall–Kier alpha value is -0.580. The predicted octanol–water partition coefficient (Wildman–Crippen LogP) is 5.35. The summed E-state index contributed by atoms with van der Waals surface area (Å²) in [5.74, 6) is 0. The van der Waals surface area contributed by atoms with E-state index >= 15 is 0 Å². The summed E-state index contributed by atoms with van der Waals surface area (Å²) in [7, 11) is 0. The standard InChI is InChI=1S/C13H14BrClN2S/c1-7-13(18-9(3)16-7)8(2)17-12-5-4-10(14)6-11(12)15/h4-6,8,17H,1-3H3. The molecular weight excluding hydrogens is 332 g/mol. The highest BCUT2D eigenvalue weighted by molar-refractivity contribution is 9.10. The lowest BCUT2D eigenvalue weighted by Gasteiger charge is -2.15. The molecule has 2 nitrogen and oxygen atoms in total. The van der Waals surface area contributed by atoms with E-state index in [1.165, 1.54) is 4.88 Å². The second-order valence-electron chi connectivity index (χ2n) is 4.17. The summed E-state index contributed by atoms with van der Waals surface area (Å²) in [5.41, 5.74) is 2.03. The van der Waals surface area contributed by atoms with Crippen molar-refractivity contribution in [2.24, 2.45) is 0 Å². The molecule has 0 saturated heterocycles. The van der Waals surface area contributed by atoms with Crippen molar-refractivity contribution in [3.05, 3.63) is 43.3 Å². The van der Waals surface area contributed by atoms with E-state index in [1.54, 1.807) is 11.3 Å². The molecule has 5 heteroatoms. The van der Waals surface area contributed by atoms with Crippen molar-refractivity contribution in [1.82, 2.24) is 4.98 Å². The number of aromatic nitrogens is 1. The molecule has 1 unspecified atom stereocenters. The summed E-state index contributed by atoms with van der Waals surface area (Å²) in [6, 6.07) is 6.05. The van der Waals surface area contributed by atoms with Crippen LogP contribution >= 0.6 is 38.9 Å². The minimum absolute atomic E-state index is 0.204. The average molecular weight is 346 g/mol. The van der Waals surface area contributed by atoms with Crippen LogP contribution in [0.4, 0.5) is 5.69 Å². The van der Waals surface area contributed by atoms with Crippen LogP contribution in [-0.2, 0) is 0 Å². The largest absolute Gasteiger partial charge is 0.376 e. The Morgan fingerprint density at radius 2 is 2.11 bits per heavy atom. The smallest absolute Gasteiger partial charge is 0.0900 e. The molecule has 1 aromatic heterocycles. The molecule has 0 radical (unpaired) electrons. The van der Waals surface area contributed by atoms with Gasteiger partial charge in [-0.1, -0.05) is 27.5 Å². The topological polar surface area (TPSA) is 24.9 Å². The van der Waals surface area contributed by atoms with Crippen LogP contribution in [0.2, 0.25) is 5.02 Å². The van der Waals surface area contributed by atoms with Crippen LogP contribution in [0.1, 0.15) is 28.5 Å². The van der Waals surface area contributed by atoms with Crippen LogP contribution in [0.25, 0.3) is 0 Å².